The first kappa shape index (κ1) is 22.6. The first-order valence-electron chi connectivity index (χ1n) is 9.63. The van der Waals surface area contributed by atoms with Crippen LogP contribution in [0, 0.1) is 5.82 Å². The predicted molar refractivity (Wildman–Crippen MR) is 111 cm³/mol. The van der Waals surface area contributed by atoms with Gasteiger partial charge >= 0.3 is 0 Å². The summed E-state index contributed by atoms with van der Waals surface area (Å²) in [6, 6.07) is 14.5. The smallest absolute Gasteiger partial charge is 0.123 e. The van der Waals surface area contributed by atoms with E-state index < -0.39 is 6.10 Å². The fourth-order valence-electron chi connectivity index (χ4n) is 3.36. The number of morpholine rings is 1. The van der Waals surface area contributed by atoms with Gasteiger partial charge in [0.1, 0.15) is 24.3 Å². The van der Waals surface area contributed by atoms with Crippen molar-refractivity contribution in [1.82, 2.24) is 4.90 Å². The summed E-state index contributed by atoms with van der Waals surface area (Å²) < 4.78 is 24.9. The maximum Gasteiger partial charge on any atom is 0.123 e. The topological polar surface area (TPSA) is 41.9 Å². The molecule has 2 aromatic rings. The normalized spacial score (nSPS) is 18.3. The van der Waals surface area contributed by atoms with Crippen LogP contribution in [0.3, 0.4) is 0 Å². The average molecular weight is 410 g/mol. The average Bonchev–Trinajstić information content (AvgIpc) is 2.68. The number of hydrogen-bond acceptors (Lipinski definition) is 4. The van der Waals surface area contributed by atoms with Crippen LogP contribution in [0.25, 0.3) is 0 Å². The Morgan fingerprint density at radius 2 is 2.04 bits per heavy atom. The van der Waals surface area contributed by atoms with E-state index in [1.807, 2.05) is 18.2 Å². The van der Waals surface area contributed by atoms with Crippen molar-refractivity contribution in [3.63, 3.8) is 0 Å². The van der Waals surface area contributed by atoms with Crippen molar-refractivity contribution in [2.24, 2.45) is 0 Å². The third-order valence-electron chi connectivity index (χ3n) is 4.74. The first-order valence-corrected chi connectivity index (χ1v) is 9.63. The highest BCUT2D eigenvalue weighted by Crippen LogP contribution is 2.23. The van der Waals surface area contributed by atoms with Crippen LogP contribution >= 0.6 is 12.4 Å². The molecule has 6 heteroatoms. The van der Waals surface area contributed by atoms with E-state index in [9.17, 15) is 9.50 Å². The van der Waals surface area contributed by atoms with Gasteiger partial charge in [-0.2, -0.15) is 0 Å². The fraction of sp³-hybridized carbons (Fsp3) is 0.455. The van der Waals surface area contributed by atoms with Gasteiger partial charge in [0.25, 0.3) is 0 Å². The van der Waals surface area contributed by atoms with Gasteiger partial charge in [-0.05, 0) is 41.8 Å². The third-order valence-corrected chi connectivity index (χ3v) is 4.74. The molecule has 1 aliphatic heterocycles. The summed E-state index contributed by atoms with van der Waals surface area (Å²) in [4.78, 5) is 2.14. The lowest BCUT2D eigenvalue weighted by Crippen LogP contribution is -2.43. The molecule has 3 rings (SSSR count). The quantitative estimate of drug-likeness (QED) is 0.715. The Hall–Kier alpha value is -1.66. The zero-order valence-electron chi connectivity index (χ0n) is 16.2. The Morgan fingerprint density at radius 1 is 1.25 bits per heavy atom. The van der Waals surface area contributed by atoms with Crippen LogP contribution in [0.2, 0.25) is 0 Å². The monoisotopic (exact) mass is 409 g/mol. The Kier molecular flexibility index (Phi) is 9.19. The summed E-state index contributed by atoms with van der Waals surface area (Å²) >= 11 is 0. The van der Waals surface area contributed by atoms with E-state index in [0.717, 1.165) is 30.7 Å². The van der Waals surface area contributed by atoms with Crippen molar-refractivity contribution in [2.45, 2.75) is 32.0 Å². The number of ether oxygens (including phenoxy) is 2. The van der Waals surface area contributed by atoms with Gasteiger partial charge in [-0.25, -0.2) is 4.39 Å². The first-order chi connectivity index (χ1) is 13.1. The molecule has 0 amide bonds. The summed E-state index contributed by atoms with van der Waals surface area (Å²) in [5, 5.41) is 10.3. The molecule has 1 heterocycles. The van der Waals surface area contributed by atoms with Crippen LogP contribution in [0.15, 0.2) is 48.5 Å². The van der Waals surface area contributed by atoms with Gasteiger partial charge in [0.15, 0.2) is 0 Å². The third kappa shape index (κ3) is 6.74. The Bertz CT molecular complexity index is 713. The molecule has 1 N–H and O–H groups in total. The van der Waals surface area contributed by atoms with E-state index >= 15 is 0 Å². The maximum absolute atomic E-state index is 13.4. The van der Waals surface area contributed by atoms with E-state index in [4.69, 9.17) is 9.47 Å². The summed E-state index contributed by atoms with van der Waals surface area (Å²) in [5.74, 6) is 0.514. The lowest BCUT2D eigenvalue weighted by atomic mass is 10.1. The fourth-order valence-corrected chi connectivity index (χ4v) is 3.36. The lowest BCUT2D eigenvalue weighted by Gasteiger charge is -2.34. The van der Waals surface area contributed by atoms with Gasteiger partial charge in [-0.3, -0.25) is 4.90 Å². The van der Waals surface area contributed by atoms with E-state index in [-0.39, 0.29) is 30.9 Å². The Balaban J connectivity index is 0.00000280. The maximum atomic E-state index is 13.4. The summed E-state index contributed by atoms with van der Waals surface area (Å²) in [6.07, 6.45) is 1.42. The van der Waals surface area contributed by atoms with Crippen molar-refractivity contribution in [3.05, 3.63) is 65.5 Å². The largest absolute Gasteiger partial charge is 0.491 e. The summed E-state index contributed by atoms with van der Waals surface area (Å²) in [6.45, 7) is 4.85. The van der Waals surface area contributed by atoms with E-state index in [1.165, 1.54) is 17.7 Å². The van der Waals surface area contributed by atoms with Crippen molar-refractivity contribution >= 4 is 12.4 Å². The number of nitrogens with zero attached hydrogens (tertiary/aromatic N) is 1. The summed E-state index contributed by atoms with van der Waals surface area (Å²) in [7, 11) is 0. The second-order valence-electron chi connectivity index (χ2n) is 7.03. The number of rotatable bonds is 8. The molecule has 2 unspecified atom stereocenters. The predicted octanol–water partition coefficient (Wildman–Crippen LogP) is 4.01. The molecule has 154 valence electrons. The van der Waals surface area contributed by atoms with Crippen LogP contribution < -0.4 is 4.74 Å². The highest BCUT2D eigenvalue weighted by Gasteiger charge is 2.24. The summed E-state index contributed by atoms with van der Waals surface area (Å²) in [5.41, 5.74) is 2.12. The second kappa shape index (κ2) is 11.4. The second-order valence-corrected chi connectivity index (χ2v) is 7.03. The zero-order valence-corrected chi connectivity index (χ0v) is 17.0. The van der Waals surface area contributed by atoms with Crippen LogP contribution in [0.4, 0.5) is 4.39 Å². The number of benzene rings is 2. The van der Waals surface area contributed by atoms with Gasteiger partial charge in [-0.15, -0.1) is 12.4 Å². The number of aliphatic hydroxyl groups is 1. The minimum Gasteiger partial charge on any atom is -0.491 e. The van der Waals surface area contributed by atoms with Crippen molar-refractivity contribution in [2.75, 3.05) is 32.8 Å². The minimum absolute atomic E-state index is 0. The molecule has 1 fully saturated rings. The van der Waals surface area contributed by atoms with Crippen LogP contribution in [0.5, 0.6) is 5.75 Å². The van der Waals surface area contributed by atoms with Gasteiger partial charge in [0.05, 0.1) is 12.7 Å². The molecule has 0 radical (unpaired) electrons. The van der Waals surface area contributed by atoms with Gasteiger partial charge in [0, 0.05) is 19.6 Å². The molecule has 0 aliphatic carbocycles. The van der Waals surface area contributed by atoms with E-state index in [2.05, 4.69) is 24.0 Å². The molecule has 2 aromatic carbocycles. The molecule has 0 spiro atoms. The van der Waals surface area contributed by atoms with Crippen molar-refractivity contribution in [1.29, 1.82) is 0 Å². The number of hydrogen-bond donors (Lipinski definition) is 1. The van der Waals surface area contributed by atoms with E-state index in [0.29, 0.717) is 19.7 Å². The highest BCUT2D eigenvalue weighted by molar-refractivity contribution is 5.85. The highest BCUT2D eigenvalue weighted by atomic mass is 35.5. The van der Waals surface area contributed by atoms with Crippen LogP contribution in [0.1, 0.15) is 30.6 Å². The molecule has 2 atom stereocenters. The number of aryl methyl sites for hydroxylation is 1. The molecule has 0 aromatic heterocycles. The molecule has 0 saturated carbocycles. The van der Waals surface area contributed by atoms with Crippen LogP contribution in [-0.4, -0.2) is 49.0 Å². The van der Waals surface area contributed by atoms with Crippen molar-refractivity contribution in [3.8, 4) is 5.75 Å². The standard InChI is InChI=1S/C22H28FNO3.ClH/c1-2-4-17-7-9-21(10-8-17)27-16-20(25)14-24-11-12-26-22(15-24)18-5-3-6-19(23)13-18;/h3,5-10,13,20,22,25H,2,4,11-12,14-16H2,1H3;1H. The number of aliphatic hydroxyl groups excluding tert-OH is 1. The molecule has 1 saturated heterocycles. The van der Waals surface area contributed by atoms with E-state index in [1.54, 1.807) is 6.07 Å². The zero-order chi connectivity index (χ0) is 19.1. The molecular weight excluding hydrogens is 381 g/mol. The van der Waals surface area contributed by atoms with Crippen molar-refractivity contribution < 1.29 is 19.0 Å². The lowest BCUT2D eigenvalue weighted by molar-refractivity contribution is -0.0460. The SMILES string of the molecule is CCCc1ccc(OCC(O)CN2CCOC(c3cccc(F)c3)C2)cc1.Cl. The molecule has 0 bridgehead atoms. The number of β-amino-alcohol motifs (C(OH)–C–C–N with tert-alkyl or cyclic N) is 1. The van der Waals surface area contributed by atoms with Gasteiger partial charge in [-0.1, -0.05) is 37.6 Å². The van der Waals surface area contributed by atoms with Gasteiger partial charge < -0.3 is 14.6 Å². The Morgan fingerprint density at radius 3 is 2.75 bits per heavy atom. The molecule has 4 nitrogen and oxygen atoms in total. The minimum atomic E-state index is -0.591. The molecular formula is C22H29ClFNO3. The number of halogens is 2. The van der Waals surface area contributed by atoms with Gasteiger partial charge in [0.2, 0.25) is 0 Å². The molecule has 28 heavy (non-hydrogen) atoms. The van der Waals surface area contributed by atoms with Crippen LogP contribution in [-0.2, 0) is 11.2 Å². The molecule has 1 aliphatic rings. The Labute approximate surface area is 172 Å².